The summed E-state index contributed by atoms with van der Waals surface area (Å²) in [7, 11) is 0. The minimum atomic E-state index is -0.607. The monoisotopic (exact) mass is 395 g/mol. The molecule has 0 atom stereocenters. The van der Waals surface area contributed by atoms with Crippen LogP contribution in [0, 0.1) is 0 Å². The Kier molecular flexibility index (Phi) is 5.33. The number of carbonyl (C=O) groups is 3. The molecule has 2 aliphatic rings. The predicted octanol–water partition coefficient (Wildman–Crippen LogP) is 1.52. The lowest BCUT2D eigenvalue weighted by Crippen LogP contribution is -2.49. The van der Waals surface area contributed by atoms with Crippen molar-refractivity contribution in [1.29, 1.82) is 0 Å². The maximum Gasteiger partial charge on any atom is 0.338 e. The molecular formula is C21H21N3O5. The molecular weight excluding hydrogens is 374 g/mol. The molecule has 1 fully saturated rings. The van der Waals surface area contributed by atoms with E-state index in [9.17, 15) is 14.4 Å². The van der Waals surface area contributed by atoms with Gasteiger partial charge in [-0.3, -0.25) is 9.59 Å². The van der Waals surface area contributed by atoms with Crippen LogP contribution in [0.3, 0.4) is 0 Å². The summed E-state index contributed by atoms with van der Waals surface area (Å²) in [6.45, 7) is 2.22. The number of ether oxygens (including phenoxy) is 2. The zero-order valence-electron chi connectivity index (χ0n) is 15.8. The number of nitrogens with one attached hydrogen (secondary N) is 1. The summed E-state index contributed by atoms with van der Waals surface area (Å²) in [5.41, 5.74) is 1.91. The molecule has 0 aliphatic carbocycles. The van der Waals surface area contributed by atoms with Crippen LogP contribution in [0.1, 0.15) is 10.4 Å². The quantitative estimate of drug-likeness (QED) is 0.790. The smallest absolute Gasteiger partial charge is 0.338 e. The highest BCUT2D eigenvalue weighted by Crippen LogP contribution is 2.28. The van der Waals surface area contributed by atoms with E-state index in [-0.39, 0.29) is 30.6 Å². The fraction of sp³-hybridized carbons (Fsp3) is 0.286. The van der Waals surface area contributed by atoms with Crippen molar-refractivity contribution in [3.05, 3.63) is 54.1 Å². The lowest BCUT2D eigenvalue weighted by molar-refractivity contribution is -0.134. The Labute approximate surface area is 168 Å². The first kappa shape index (κ1) is 18.8. The lowest BCUT2D eigenvalue weighted by Gasteiger charge is -2.36. The Morgan fingerprint density at radius 3 is 2.55 bits per heavy atom. The third-order valence-corrected chi connectivity index (χ3v) is 4.93. The second-order valence-electron chi connectivity index (χ2n) is 6.83. The number of hydrogen-bond acceptors (Lipinski definition) is 6. The average molecular weight is 395 g/mol. The molecule has 1 N–H and O–H groups in total. The Morgan fingerprint density at radius 2 is 1.79 bits per heavy atom. The van der Waals surface area contributed by atoms with Gasteiger partial charge in [0.1, 0.15) is 5.75 Å². The molecule has 2 amide bonds. The zero-order valence-corrected chi connectivity index (χ0v) is 15.8. The Hall–Kier alpha value is -3.55. The van der Waals surface area contributed by atoms with Gasteiger partial charge in [0, 0.05) is 31.9 Å². The van der Waals surface area contributed by atoms with E-state index in [1.54, 1.807) is 11.0 Å². The summed E-state index contributed by atoms with van der Waals surface area (Å²) < 4.78 is 10.5. The van der Waals surface area contributed by atoms with Gasteiger partial charge in [-0.2, -0.15) is 0 Å². The van der Waals surface area contributed by atoms with Gasteiger partial charge in [-0.05, 0) is 30.3 Å². The van der Waals surface area contributed by atoms with Crippen molar-refractivity contribution in [2.45, 2.75) is 0 Å². The summed E-state index contributed by atoms with van der Waals surface area (Å²) in [4.78, 5) is 39.9. The van der Waals surface area contributed by atoms with E-state index in [1.807, 2.05) is 30.3 Å². The summed E-state index contributed by atoms with van der Waals surface area (Å²) in [5, 5.41) is 2.65. The molecule has 2 heterocycles. The van der Waals surface area contributed by atoms with Gasteiger partial charge in [-0.25, -0.2) is 4.79 Å². The summed E-state index contributed by atoms with van der Waals surface area (Å²) in [6, 6.07) is 14.7. The minimum absolute atomic E-state index is 0.0983. The van der Waals surface area contributed by atoms with E-state index in [4.69, 9.17) is 9.47 Å². The molecule has 0 bridgehead atoms. The van der Waals surface area contributed by atoms with E-state index < -0.39 is 5.97 Å². The summed E-state index contributed by atoms with van der Waals surface area (Å²) in [5.74, 6) is -0.662. The normalized spacial score (nSPS) is 15.8. The van der Waals surface area contributed by atoms with Crippen molar-refractivity contribution in [1.82, 2.24) is 4.90 Å². The molecule has 0 unspecified atom stereocenters. The number of piperazine rings is 1. The van der Waals surface area contributed by atoms with Crippen LogP contribution in [0.25, 0.3) is 0 Å². The highest BCUT2D eigenvalue weighted by molar-refractivity contribution is 5.97. The van der Waals surface area contributed by atoms with E-state index in [0.717, 1.165) is 18.8 Å². The Balaban J connectivity index is 1.28. The standard InChI is InChI=1S/C21H21N3O5/c25-19-13-28-18-12-15(6-7-17(18)22-19)21(27)29-14-20(26)24-10-8-23(9-11-24)16-4-2-1-3-5-16/h1-7,12H,8-11,13-14H2,(H,22,25). The molecule has 2 aromatic carbocycles. The third-order valence-electron chi connectivity index (χ3n) is 4.93. The molecule has 8 nitrogen and oxygen atoms in total. The summed E-state index contributed by atoms with van der Waals surface area (Å²) >= 11 is 0. The van der Waals surface area contributed by atoms with Gasteiger partial charge < -0.3 is 24.6 Å². The van der Waals surface area contributed by atoms with Gasteiger partial charge in [0.05, 0.1) is 11.3 Å². The van der Waals surface area contributed by atoms with Crippen molar-refractivity contribution in [3.63, 3.8) is 0 Å². The van der Waals surface area contributed by atoms with Crippen LogP contribution >= 0.6 is 0 Å². The van der Waals surface area contributed by atoms with Crippen molar-refractivity contribution in [2.24, 2.45) is 0 Å². The maximum absolute atomic E-state index is 12.4. The fourth-order valence-electron chi connectivity index (χ4n) is 3.36. The number of nitrogens with zero attached hydrogens (tertiary/aromatic N) is 2. The molecule has 0 radical (unpaired) electrons. The molecule has 2 aromatic rings. The van der Waals surface area contributed by atoms with Gasteiger partial charge >= 0.3 is 5.97 Å². The van der Waals surface area contributed by atoms with Crippen LogP contribution < -0.4 is 15.0 Å². The lowest BCUT2D eigenvalue weighted by atomic mass is 10.1. The number of anilines is 2. The molecule has 150 valence electrons. The fourth-order valence-corrected chi connectivity index (χ4v) is 3.36. The maximum atomic E-state index is 12.4. The molecule has 0 spiro atoms. The number of esters is 1. The van der Waals surface area contributed by atoms with Gasteiger partial charge in [-0.1, -0.05) is 18.2 Å². The van der Waals surface area contributed by atoms with Crippen molar-refractivity contribution in [3.8, 4) is 5.75 Å². The van der Waals surface area contributed by atoms with E-state index in [0.29, 0.717) is 24.5 Å². The molecule has 8 heteroatoms. The van der Waals surface area contributed by atoms with Crippen LogP contribution in [0.15, 0.2) is 48.5 Å². The minimum Gasteiger partial charge on any atom is -0.482 e. The number of para-hydroxylation sites is 1. The Morgan fingerprint density at radius 1 is 1.03 bits per heavy atom. The number of fused-ring (bicyclic) bond motifs is 1. The molecule has 29 heavy (non-hydrogen) atoms. The molecule has 4 rings (SSSR count). The second-order valence-corrected chi connectivity index (χ2v) is 6.83. The SMILES string of the molecule is O=C1COc2cc(C(=O)OCC(=O)N3CCN(c4ccccc4)CC3)ccc2N1. The molecule has 0 aromatic heterocycles. The van der Waals surface area contributed by atoms with Crippen molar-refractivity contribution >= 4 is 29.2 Å². The van der Waals surface area contributed by atoms with Crippen LogP contribution in [-0.2, 0) is 14.3 Å². The molecule has 2 aliphatic heterocycles. The molecule has 1 saturated heterocycles. The zero-order chi connectivity index (χ0) is 20.2. The van der Waals surface area contributed by atoms with Crippen LogP contribution in [0.2, 0.25) is 0 Å². The number of rotatable bonds is 4. The van der Waals surface area contributed by atoms with Gasteiger partial charge in [-0.15, -0.1) is 0 Å². The van der Waals surface area contributed by atoms with Gasteiger partial charge in [0.25, 0.3) is 11.8 Å². The van der Waals surface area contributed by atoms with E-state index in [1.165, 1.54) is 12.1 Å². The van der Waals surface area contributed by atoms with E-state index in [2.05, 4.69) is 10.2 Å². The average Bonchev–Trinajstić information content (AvgIpc) is 2.77. The van der Waals surface area contributed by atoms with Gasteiger partial charge in [0.2, 0.25) is 0 Å². The highest BCUT2D eigenvalue weighted by atomic mass is 16.5. The molecule has 0 saturated carbocycles. The van der Waals surface area contributed by atoms with Crippen molar-refractivity contribution in [2.75, 3.05) is 49.6 Å². The third kappa shape index (κ3) is 4.31. The number of hydrogen-bond donors (Lipinski definition) is 1. The van der Waals surface area contributed by atoms with Crippen LogP contribution in [-0.4, -0.2) is 62.1 Å². The highest BCUT2D eigenvalue weighted by Gasteiger charge is 2.23. The topological polar surface area (TPSA) is 88.2 Å². The first-order valence-electron chi connectivity index (χ1n) is 9.42. The largest absolute Gasteiger partial charge is 0.482 e. The van der Waals surface area contributed by atoms with Crippen molar-refractivity contribution < 1.29 is 23.9 Å². The number of carbonyl (C=O) groups excluding carboxylic acids is 3. The number of amides is 2. The van der Waals surface area contributed by atoms with Gasteiger partial charge in [0.15, 0.2) is 13.2 Å². The second kappa shape index (κ2) is 8.22. The Bertz CT molecular complexity index is 923. The number of benzene rings is 2. The van der Waals surface area contributed by atoms with Crippen LogP contribution in [0.5, 0.6) is 5.75 Å². The first-order valence-corrected chi connectivity index (χ1v) is 9.42. The summed E-state index contributed by atoms with van der Waals surface area (Å²) in [6.07, 6.45) is 0. The first-order chi connectivity index (χ1) is 14.1. The van der Waals surface area contributed by atoms with Crippen LogP contribution in [0.4, 0.5) is 11.4 Å². The predicted molar refractivity (Wildman–Crippen MR) is 106 cm³/mol. The van der Waals surface area contributed by atoms with E-state index >= 15 is 0 Å².